The summed E-state index contributed by atoms with van der Waals surface area (Å²) in [6.45, 7) is 2.02. The van der Waals surface area contributed by atoms with E-state index >= 15 is 0 Å². The van der Waals surface area contributed by atoms with Crippen LogP contribution < -0.4 is 4.74 Å². The summed E-state index contributed by atoms with van der Waals surface area (Å²) in [7, 11) is 0. The van der Waals surface area contributed by atoms with Gasteiger partial charge in [-0.3, -0.25) is 0 Å². The molecule has 104 valence electrons. The van der Waals surface area contributed by atoms with Crippen LogP contribution in [0.15, 0.2) is 35.8 Å². The van der Waals surface area contributed by atoms with Gasteiger partial charge in [0.25, 0.3) is 0 Å². The molecule has 0 fully saturated rings. The van der Waals surface area contributed by atoms with Crippen molar-refractivity contribution in [3.63, 3.8) is 0 Å². The molecular formula is C15H9ClN2OS2. The number of halogens is 1. The number of aryl methyl sites for hydroxylation is 1. The van der Waals surface area contributed by atoms with Crippen molar-refractivity contribution in [2.75, 3.05) is 0 Å². The summed E-state index contributed by atoms with van der Waals surface area (Å²) in [4.78, 5) is 8.58. The zero-order valence-corrected chi connectivity index (χ0v) is 13.4. The van der Waals surface area contributed by atoms with E-state index in [9.17, 15) is 0 Å². The van der Waals surface area contributed by atoms with E-state index in [1.54, 1.807) is 41.0 Å². The second-order valence-electron chi connectivity index (χ2n) is 4.53. The fraction of sp³-hybridized carbons (Fsp3) is 0.0667. The standard InChI is InChI=1S/C15H9ClN2OS2/c1-8-18-14-12(21-8)7-11(10-3-5-20-15(10)14)19-9-2-4-17-13(16)6-9/h2-7H,1H3. The maximum Gasteiger partial charge on any atom is 0.137 e. The second-order valence-corrected chi connectivity index (χ2v) is 7.07. The number of benzene rings is 1. The third-order valence-electron chi connectivity index (χ3n) is 3.09. The summed E-state index contributed by atoms with van der Waals surface area (Å²) >= 11 is 9.27. The van der Waals surface area contributed by atoms with E-state index < -0.39 is 0 Å². The van der Waals surface area contributed by atoms with Crippen molar-refractivity contribution in [3.8, 4) is 11.5 Å². The van der Waals surface area contributed by atoms with Crippen molar-refractivity contribution >= 4 is 54.6 Å². The number of hydrogen-bond acceptors (Lipinski definition) is 5. The van der Waals surface area contributed by atoms with Gasteiger partial charge in [-0.2, -0.15) is 0 Å². The smallest absolute Gasteiger partial charge is 0.137 e. The van der Waals surface area contributed by atoms with E-state index in [1.165, 1.54) is 0 Å². The van der Waals surface area contributed by atoms with Crippen LogP contribution in [0.5, 0.6) is 11.5 Å². The predicted molar refractivity (Wildman–Crippen MR) is 89.1 cm³/mol. The number of hydrogen-bond donors (Lipinski definition) is 0. The van der Waals surface area contributed by atoms with Gasteiger partial charge in [0, 0.05) is 23.7 Å². The van der Waals surface area contributed by atoms with Crippen molar-refractivity contribution in [1.29, 1.82) is 0 Å². The molecule has 0 spiro atoms. The first-order valence-corrected chi connectivity index (χ1v) is 8.35. The molecule has 0 amide bonds. The van der Waals surface area contributed by atoms with Gasteiger partial charge in [-0.1, -0.05) is 11.6 Å². The van der Waals surface area contributed by atoms with Gasteiger partial charge in [-0.15, -0.1) is 22.7 Å². The van der Waals surface area contributed by atoms with Crippen molar-refractivity contribution < 1.29 is 4.74 Å². The molecule has 0 saturated heterocycles. The number of aromatic nitrogens is 2. The molecule has 6 heteroatoms. The molecular weight excluding hydrogens is 324 g/mol. The molecule has 0 aliphatic heterocycles. The first-order valence-electron chi connectivity index (χ1n) is 6.27. The number of thiazole rings is 1. The molecule has 0 radical (unpaired) electrons. The first kappa shape index (κ1) is 13.0. The molecule has 1 aromatic carbocycles. The molecule has 4 aromatic rings. The Labute approximate surface area is 133 Å². The average molecular weight is 333 g/mol. The normalized spacial score (nSPS) is 11.3. The zero-order chi connectivity index (χ0) is 14.4. The summed E-state index contributed by atoms with van der Waals surface area (Å²) in [5, 5.41) is 4.61. The lowest BCUT2D eigenvalue weighted by molar-refractivity contribution is 0.488. The lowest BCUT2D eigenvalue weighted by atomic mass is 10.2. The number of pyridine rings is 1. The van der Waals surface area contributed by atoms with Gasteiger partial charge in [0.1, 0.15) is 16.7 Å². The molecule has 4 rings (SSSR count). The maximum absolute atomic E-state index is 6.01. The Morgan fingerprint density at radius 3 is 3.00 bits per heavy atom. The van der Waals surface area contributed by atoms with Crippen molar-refractivity contribution in [2.45, 2.75) is 6.92 Å². The Hall–Kier alpha value is -1.69. The quantitative estimate of drug-likeness (QED) is 0.444. The van der Waals surface area contributed by atoms with Crippen LogP contribution in [0.2, 0.25) is 5.15 Å². The Morgan fingerprint density at radius 1 is 1.24 bits per heavy atom. The van der Waals surface area contributed by atoms with Crippen LogP contribution in [0.3, 0.4) is 0 Å². The molecule has 0 aliphatic carbocycles. The summed E-state index contributed by atoms with van der Waals surface area (Å²) in [6, 6.07) is 7.61. The lowest BCUT2D eigenvalue weighted by Crippen LogP contribution is -1.86. The third-order valence-corrected chi connectivity index (χ3v) is 5.14. The molecule has 0 aliphatic rings. The largest absolute Gasteiger partial charge is 0.456 e. The van der Waals surface area contributed by atoms with Crippen LogP contribution >= 0.6 is 34.3 Å². The number of rotatable bonds is 2. The van der Waals surface area contributed by atoms with E-state index in [4.69, 9.17) is 16.3 Å². The highest BCUT2D eigenvalue weighted by Gasteiger charge is 2.13. The van der Waals surface area contributed by atoms with Crippen LogP contribution in [0, 0.1) is 6.92 Å². The molecule has 3 heterocycles. The van der Waals surface area contributed by atoms with E-state index in [-0.39, 0.29) is 0 Å². The third kappa shape index (κ3) is 2.27. The van der Waals surface area contributed by atoms with E-state index in [1.807, 2.05) is 13.0 Å². The van der Waals surface area contributed by atoms with Gasteiger partial charge in [-0.05, 0) is 24.4 Å². The van der Waals surface area contributed by atoms with E-state index in [2.05, 4.69) is 21.4 Å². The second kappa shape index (κ2) is 4.94. The van der Waals surface area contributed by atoms with Gasteiger partial charge in [-0.25, -0.2) is 9.97 Å². The van der Waals surface area contributed by atoms with Crippen molar-refractivity contribution in [1.82, 2.24) is 9.97 Å². The fourth-order valence-electron chi connectivity index (χ4n) is 2.25. The summed E-state index contributed by atoms with van der Waals surface area (Å²) in [6.07, 6.45) is 1.64. The Kier molecular flexibility index (Phi) is 3.06. The number of thiophene rings is 1. The lowest BCUT2D eigenvalue weighted by Gasteiger charge is -2.07. The molecule has 0 atom stereocenters. The molecule has 0 bridgehead atoms. The van der Waals surface area contributed by atoms with E-state index in [0.29, 0.717) is 10.9 Å². The zero-order valence-electron chi connectivity index (χ0n) is 11.0. The minimum absolute atomic E-state index is 0.420. The van der Waals surface area contributed by atoms with Crippen LogP contribution in [-0.2, 0) is 0 Å². The van der Waals surface area contributed by atoms with Crippen LogP contribution in [0.1, 0.15) is 5.01 Å². The number of ether oxygens (including phenoxy) is 1. The van der Waals surface area contributed by atoms with Crippen LogP contribution in [-0.4, -0.2) is 9.97 Å². The Bertz CT molecular complexity index is 961. The van der Waals surface area contributed by atoms with Gasteiger partial charge in [0.05, 0.1) is 19.9 Å². The molecule has 0 N–H and O–H groups in total. The highest BCUT2D eigenvalue weighted by atomic mass is 35.5. The summed E-state index contributed by atoms with van der Waals surface area (Å²) in [5.74, 6) is 1.51. The van der Waals surface area contributed by atoms with Crippen molar-refractivity contribution in [3.05, 3.63) is 46.0 Å². The monoisotopic (exact) mass is 332 g/mol. The SMILES string of the molecule is Cc1nc2c(cc(Oc3ccnc(Cl)c3)c3ccsc32)s1. The maximum atomic E-state index is 6.01. The van der Waals surface area contributed by atoms with Crippen LogP contribution in [0.25, 0.3) is 20.3 Å². The number of nitrogens with zero attached hydrogens (tertiary/aromatic N) is 2. The predicted octanol–water partition coefficient (Wildman–Crippen LogP) is 5.66. The minimum Gasteiger partial charge on any atom is -0.456 e. The highest BCUT2D eigenvalue weighted by molar-refractivity contribution is 7.21. The summed E-state index contributed by atoms with van der Waals surface area (Å²) < 4.78 is 8.31. The van der Waals surface area contributed by atoms with Crippen molar-refractivity contribution in [2.24, 2.45) is 0 Å². The van der Waals surface area contributed by atoms with Gasteiger partial charge in [0.2, 0.25) is 0 Å². The van der Waals surface area contributed by atoms with Crippen LogP contribution in [0.4, 0.5) is 0 Å². The molecule has 0 unspecified atom stereocenters. The van der Waals surface area contributed by atoms with Gasteiger partial charge in [0.15, 0.2) is 0 Å². The minimum atomic E-state index is 0.420. The Morgan fingerprint density at radius 2 is 2.14 bits per heavy atom. The topological polar surface area (TPSA) is 35.0 Å². The molecule has 0 saturated carbocycles. The van der Waals surface area contributed by atoms with Gasteiger partial charge >= 0.3 is 0 Å². The summed E-state index contributed by atoms with van der Waals surface area (Å²) in [5.41, 5.74) is 1.06. The fourth-order valence-corrected chi connectivity index (χ4v) is 4.24. The first-order chi connectivity index (χ1) is 10.2. The van der Waals surface area contributed by atoms with Gasteiger partial charge < -0.3 is 4.74 Å². The Balaban J connectivity index is 1.92. The van der Waals surface area contributed by atoms with E-state index in [0.717, 1.165) is 31.1 Å². The molecule has 3 nitrogen and oxygen atoms in total. The highest BCUT2D eigenvalue weighted by Crippen LogP contribution is 2.40. The molecule has 3 aromatic heterocycles. The average Bonchev–Trinajstić information content (AvgIpc) is 3.04. The number of fused-ring (bicyclic) bond motifs is 3. The molecule has 21 heavy (non-hydrogen) atoms.